The van der Waals surface area contributed by atoms with Crippen molar-refractivity contribution in [3.05, 3.63) is 30.1 Å². The van der Waals surface area contributed by atoms with E-state index >= 15 is 0 Å². The van der Waals surface area contributed by atoms with E-state index in [0.29, 0.717) is 18.9 Å². The van der Waals surface area contributed by atoms with E-state index < -0.39 is 12.2 Å². The first-order chi connectivity index (χ1) is 11.7. The molecule has 0 fully saturated rings. The van der Waals surface area contributed by atoms with Gasteiger partial charge in [-0.25, -0.2) is 0 Å². The number of tetrazole rings is 1. The van der Waals surface area contributed by atoms with Crippen LogP contribution in [0, 0.1) is 0 Å². The van der Waals surface area contributed by atoms with Gasteiger partial charge < -0.3 is 19.5 Å². The lowest BCUT2D eigenvalue weighted by molar-refractivity contribution is -0.131. The van der Waals surface area contributed by atoms with Crippen LogP contribution in [0.3, 0.4) is 0 Å². The van der Waals surface area contributed by atoms with E-state index in [9.17, 15) is 4.79 Å². The van der Waals surface area contributed by atoms with Crippen LogP contribution in [-0.4, -0.2) is 59.3 Å². The predicted molar refractivity (Wildman–Crippen MR) is 85.1 cm³/mol. The highest BCUT2D eigenvalue weighted by molar-refractivity contribution is 5.90. The molecular weight excluding hydrogens is 314 g/mol. The number of carbonyl (C=O) groups excluding carboxylic acids is 1. The largest absolute Gasteiger partial charge is 0.497 e. The van der Waals surface area contributed by atoms with Crippen molar-refractivity contribution in [3.8, 4) is 11.4 Å². The van der Waals surface area contributed by atoms with Gasteiger partial charge in [0.25, 0.3) is 11.7 Å². The van der Waals surface area contributed by atoms with Gasteiger partial charge in [0.2, 0.25) is 0 Å². The first-order valence-electron chi connectivity index (χ1n) is 7.63. The predicted octanol–water partition coefficient (Wildman–Crippen LogP) is 0.800. The molecule has 0 unspecified atom stereocenters. The number of ether oxygens (including phenoxy) is 3. The smallest absolute Gasteiger partial charge is 0.293 e. The minimum absolute atomic E-state index is 0.0300. The van der Waals surface area contributed by atoms with Crippen LogP contribution in [0.15, 0.2) is 24.3 Å². The van der Waals surface area contributed by atoms with Crippen LogP contribution in [0.25, 0.3) is 5.69 Å². The molecule has 0 aliphatic rings. The molecule has 1 heterocycles. The number of rotatable bonds is 9. The molecule has 9 heteroatoms. The topological polar surface area (TPSA) is 100 Å². The van der Waals surface area contributed by atoms with Crippen LogP contribution in [0.2, 0.25) is 0 Å². The Kier molecular flexibility index (Phi) is 6.64. The van der Waals surface area contributed by atoms with Gasteiger partial charge in [-0.1, -0.05) is 0 Å². The van der Waals surface area contributed by atoms with Gasteiger partial charge in [-0.2, -0.15) is 0 Å². The third-order valence-corrected chi connectivity index (χ3v) is 3.05. The van der Waals surface area contributed by atoms with Gasteiger partial charge in [-0.15, -0.1) is 15.0 Å². The average Bonchev–Trinajstić information content (AvgIpc) is 3.10. The summed E-state index contributed by atoms with van der Waals surface area (Å²) in [7, 11) is 1.59. The number of aromatic nitrogens is 4. The van der Waals surface area contributed by atoms with E-state index in [4.69, 9.17) is 14.2 Å². The van der Waals surface area contributed by atoms with Crippen molar-refractivity contribution in [1.82, 2.24) is 25.5 Å². The molecule has 0 saturated heterocycles. The Balaban J connectivity index is 1.97. The molecule has 2 rings (SSSR count). The zero-order valence-corrected chi connectivity index (χ0v) is 13.9. The summed E-state index contributed by atoms with van der Waals surface area (Å²) in [6, 6.07) is 7.07. The van der Waals surface area contributed by atoms with Crippen molar-refractivity contribution in [2.75, 3.05) is 26.9 Å². The summed E-state index contributed by atoms with van der Waals surface area (Å²) >= 11 is 0. The minimum Gasteiger partial charge on any atom is -0.497 e. The summed E-state index contributed by atoms with van der Waals surface area (Å²) in [5, 5.41) is 14.4. The van der Waals surface area contributed by atoms with E-state index in [-0.39, 0.29) is 12.4 Å². The lowest BCUT2D eigenvalue weighted by Crippen LogP contribution is -2.36. The fourth-order valence-corrected chi connectivity index (χ4v) is 1.92. The monoisotopic (exact) mass is 335 g/mol. The number of nitrogens with zero attached hydrogens (tertiary/aromatic N) is 4. The third kappa shape index (κ3) is 4.74. The van der Waals surface area contributed by atoms with Gasteiger partial charge >= 0.3 is 0 Å². The van der Waals surface area contributed by atoms with Crippen molar-refractivity contribution >= 4 is 5.91 Å². The fourth-order valence-electron chi connectivity index (χ4n) is 1.92. The molecule has 0 bridgehead atoms. The fraction of sp³-hybridized carbons (Fsp3) is 0.467. The summed E-state index contributed by atoms with van der Waals surface area (Å²) < 4.78 is 15.8. The maximum atomic E-state index is 12.1. The number of nitrogens with one attached hydrogen (secondary N) is 1. The summed E-state index contributed by atoms with van der Waals surface area (Å²) in [6.07, 6.45) is -0.499. The van der Waals surface area contributed by atoms with E-state index in [1.54, 1.807) is 31.4 Å². The minimum atomic E-state index is -0.499. The van der Waals surface area contributed by atoms with E-state index in [1.807, 2.05) is 13.8 Å². The van der Waals surface area contributed by atoms with Gasteiger partial charge in [0, 0.05) is 13.2 Å². The van der Waals surface area contributed by atoms with E-state index in [1.165, 1.54) is 4.80 Å². The number of hydrogen-bond acceptors (Lipinski definition) is 7. The molecule has 9 nitrogen and oxygen atoms in total. The van der Waals surface area contributed by atoms with Crippen molar-refractivity contribution in [1.29, 1.82) is 0 Å². The maximum absolute atomic E-state index is 12.1. The van der Waals surface area contributed by atoms with Gasteiger partial charge in [0.1, 0.15) is 5.75 Å². The molecule has 1 aromatic heterocycles. The summed E-state index contributed by atoms with van der Waals surface area (Å²) in [5.74, 6) is 0.242. The molecule has 2 aromatic rings. The second-order valence-electron chi connectivity index (χ2n) is 4.65. The number of methoxy groups -OCH3 is 1. The first-order valence-corrected chi connectivity index (χ1v) is 7.63. The lowest BCUT2D eigenvalue weighted by Gasteiger charge is -2.16. The third-order valence-electron chi connectivity index (χ3n) is 3.05. The van der Waals surface area contributed by atoms with Crippen molar-refractivity contribution in [2.45, 2.75) is 20.1 Å². The Morgan fingerprint density at radius 2 is 1.88 bits per heavy atom. The average molecular weight is 335 g/mol. The highest BCUT2D eigenvalue weighted by Crippen LogP contribution is 2.13. The van der Waals surface area contributed by atoms with Crippen LogP contribution in [-0.2, 0) is 9.47 Å². The number of amides is 1. The molecule has 0 radical (unpaired) electrons. The van der Waals surface area contributed by atoms with Gasteiger partial charge in [0.05, 0.1) is 19.3 Å². The summed E-state index contributed by atoms with van der Waals surface area (Å²) in [5.41, 5.74) is 0.670. The van der Waals surface area contributed by atoms with E-state index in [2.05, 4.69) is 20.7 Å². The standard InChI is InChI=1S/C15H21N5O4/c1-4-23-13(24-5-2)10-16-15(21)14-17-19-20(18-14)11-6-8-12(22-3)9-7-11/h6-9,13H,4-5,10H2,1-3H3,(H,16,21). The zero-order valence-electron chi connectivity index (χ0n) is 13.9. The molecular formula is C15H21N5O4. The second-order valence-corrected chi connectivity index (χ2v) is 4.65. The Hall–Kier alpha value is -2.52. The Labute approximate surface area is 139 Å². The molecule has 0 saturated carbocycles. The first kappa shape index (κ1) is 17.8. The van der Waals surface area contributed by atoms with Crippen molar-refractivity contribution in [2.24, 2.45) is 0 Å². The molecule has 24 heavy (non-hydrogen) atoms. The number of carbonyl (C=O) groups is 1. The number of hydrogen-bond donors (Lipinski definition) is 1. The Bertz CT molecular complexity index is 638. The second kappa shape index (κ2) is 8.94. The Morgan fingerprint density at radius 1 is 1.21 bits per heavy atom. The Morgan fingerprint density at radius 3 is 2.46 bits per heavy atom. The van der Waals surface area contributed by atoms with Crippen LogP contribution in [0.1, 0.15) is 24.5 Å². The van der Waals surface area contributed by atoms with Gasteiger partial charge in [-0.3, -0.25) is 4.79 Å². The molecule has 0 spiro atoms. The maximum Gasteiger partial charge on any atom is 0.293 e. The number of benzene rings is 1. The molecule has 0 aliphatic carbocycles. The molecule has 1 N–H and O–H groups in total. The molecule has 0 atom stereocenters. The highest BCUT2D eigenvalue weighted by Gasteiger charge is 2.16. The normalized spacial score (nSPS) is 10.8. The highest BCUT2D eigenvalue weighted by atomic mass is 16.7. The SMILES string of the molecule is CCOC(CNC(=O)c1nnn(-c2ccc(OC)cc2)n1)OCC. The van der Waals surface area contributed by atoms with Crippen LogP contribution in [0.4, 0.5) is 0 Å². The van der Waals surface area contributed by atoms with Crippen molar-refractivity contribution < 1.29 is 19.0 Å². The van der Waals surface area contributed by atoms with Crippen LogP contribution < -0.4 is 10.1 Å². The summed E-state index contributed by atoms with van der Waals surface area (Å²) in [4.78, 5) is 13.4. The molecule has 0 aliphatic heterocycles. The molecule has 1 aromatic carbocycles. The van der Waals surface area contributed by atoms with Crippen molar-refractivity contribution in [3.63, 3.8) is 0 Å². The zero-order chi connectivity index (χ0) is 17.4. The lowest BCUT2D eigenvalue weighted by atomic mass is 10.3. The van der Waals surface area contributed by atoms with Crippen LogP contribution >= 0.6 is 0 Å². The summed E-state index contributed by atoms with van der Waals surface area (Å²) in [6.45, 7) is 4.90. The molecule has 1 amide bonds. The van der Waals surface area contributed by atoms with Gasteiger partial charge in [0.15, 0.2) is 6.29 Å². The quantitative estimate of drug-likeness (QED) is 0.676. The van der Waals surface area contributed by atoms with E-state index in [0.717, 1.165) is 5.75 Å². The van der Waals surface area contributed by atoms with Crippen LogP contribution in [0.5, 0.6) is 5.75 Å². The molecule has 130 valence electrons. The van der Waals surface area contributed by atoms with Gasteiger partial charge in [-0.05, 0) is 43.3 Å².